The van der Waals surface area contributed by atoms with E-state index in [1.54, 1.807) is 11.3 Å². The maximum Gasteiger partial charge on any atom is 0.305 e. The first-order chi connectivity index (χ1) is 7.54. The van der Waals surface area contributed by atoms with Crippen LogP contribution in [0.1, 0.15) is 41.1 Å². The van der Waals surface area contributed by atoms with Crippen LogP contribution in [0.2, 0.25) is 0 Å². The van der Waals surface area contributed by atoms with Crippen LogP contribution in [0, 0.1) is 13.8 Å². The van der Waals surface area contributed by atoms with Gasteiger partial charge in [0.2, 0.25) is 0 Å². The van der Waals surface area contributed by atoms with Crippen molar-refractivity contribution in [3.63, 3.8) is 0 Å². The average Bonchev–Trinajstić information content (AvgIpc) is 2.55. The first kappa shape index (κ1) is 13.2. The van der Waals surface area contributed by atoms with E-state index in [2.05, 4.69) is 19.9 Å². The lowest BCUT2D eigenvalue weighted by Gasteiger charge is -2.10. The summed E-state index contributed by atoms with van der Waals surface area (Å²) < 4.78 is 4.87. The van der Waals surface area contributed by atoms with Gasteiger partial charge in [-0.3, -0.25) is 4.79 Å². The van der Waals surface area contributed by atoms with Crippen molar-refractivity contribution < 1.29 is 9.53 Å². The van der Waals surface area contributed by atoms with Crippen molar-refractivity contribution in [1.82, 2.24) is 0 Å². The topological polar surface area (TPSA) is 52.3 Å². The Kier molecular flexibility index (Phi) is 4.96. The fourth-order valence-corrected chi connectivity index (χ4v) is 2.68. The van der Waals surface area contributed by atoms with Crippen molar-refractivity contribution in [2.75, 3.05) is 6.61 Å². The van der Waals surface area contributed by atoms with Crippen molar-refractivity contribution >= 4 is 17.3 Å². The van der Waals surface area contributed by atoms with E-state index in [-0.39, 0.29) is 12.0 Å². The van der Waals surface area contributed by atoms with Gasteiger partial charge in [0.25, 0.3) is 0 Å². The lowest BCUT2D eigenvalue weighted by atomic mass is 10.0. The van der Waals surface area contributed by atoms with Gasteiger partial charge in [0.1, 0.15) is 0 Å². The van der Waals surface area contributed by atoms with E-state index < -0.39 is 0 Å². The Labute approximate surface area is 101 Å². The van der Waals surface area contributed by atoms with Crippen molar-refractivity contribution in [1.29, 1.82) is 0 Å². The smallest absolute Gasteiger partial charge is 0.305 e. The van der Waals surface area contributed by atoms with Crippen molar-refractivity contribution in [2.45, 2.75) is 39.7 Å². The fraction of sp³-hybridized carbons (Fsp3) is 0.583. The van der Waals surface area contributed by atoms with Crippen molar-refractivity contribution in [3.8, 4) is 0 Å². The number of rotatable bonds is 5. The van der Waals surface area contributed by atoms with Crippen LogP contribution < -0.4 is 5.73 Å². The second-order valence-electron chi connectivity index (χ2n) is 3.82. The number of carbonyl (C=O) groups excluding carboxylic acids is 1. The minimum absolute atomic E-state index is 0.0608. The highest BCUT2D eigenvalue weighted by Gasteiger charge is 2.13. The van der Waals surface area contributed by atoms with Gasteiger partial charge < -0.3 is 10.5 Å². The predicted molar refractivity (Wildman–Crippen MR) is 66.6 cm³/mol. The third-order valence-corrected chi connectivity index (χ3v) is 3.43. The van der Waals surface area contributed by atoms with Gasteiger partial charge in [0.15, 0.2) is 0 Å². The third-order valence-electron chi connectivity index (χ3n) is 2.44. The Bertz CT molecular complexity index is 360. The summed E-state index contributed by atoms with van der Waals surface area (Å²) in [7, 11) is 0. The lowest BCUT2D eigenvalue weighted by Crippen LogP contribution is -2.13. The Balaban J connectivity index is 2.49. The van der Waals surface area contributed by atoms with Crippen LogP contribution in [0.3, 0.4) is 0 Å². The van der Waals surface area contributed by atoms with Crippen LogP contribution in [0.5, 0.6) is 0 Å². The van der Waals surface area contributed by atoms with Gasteiger partial charge in [-0.25, -0.2) is 0 Å². The second-order valence-corrected chi connectivity index (χ2v) is 5.28. The van der Waals surface area contributed by atoms with Crippen LogP contribution >= 0.6 is 11.3 Å². The van der Waals surface area contributed by atoms with Gasteiger partial charge in [-0.15, -0.1) is 11.3 Å². The lowest BCUT2D eigenvalue weighted by molar-refractivity contribution is -0.143. The van der Waals surface area contributed by atoms with Crippen LogP contribution in [0.15, 0.2) is 6.07 Å². The van der Waals surface area contributed by atoms with Crippen molar-refractivity contribution in [2.24, 2.45) is 5.73 Å². The quantitative estimate of drug-likeness (QED) is 0.806. The summed E-state index contributed by atoms with van der Waals surface area (Å²) in [6.07, 6.45) is 1.04. The molecule has 1 heterocycles. The standard InChI is InChI=1S/C12H19NO2S/c1-4-15-12(14)6-5-11(13)10-7-8(2)16-9(10)3/h7,11H,4-6,13H2,1-3H3. The Hall–Kier alpha value is -0.870. The summed E-state index contributed by atoms with van der Waals surface area (Å²) >= 11 is 1.75. The molecule has 1 atom stereocenters. The third kappa shape index (κ3) is 3.61. The molecule has 0 aliphatic carbocycles. The molecule has 0 saturated heterocycles. The molecule has 0 bridgehead atoms. The predicted octanol–water partition coefficient (Wildman–Crippen LogP) is 2.71. The van der Waals surface area contributed by atoms with E-state index >= 15 is 0 Å². The normalized spacial score (nSPS) is 12.5. The fourth-order valence-electron chi connectivity index (χ4n) is 1.68. The summed E-state index contributed by atoms with van der Waals surface area (Å²) in [4.78, 5) is 13.7. The van der Waals surface area contributed by atoms with Crippen LogP contribution in [-0.2, 0) is 9.53 Å². The van der Waals surface area contributed by atoms with Gasteiger partial charge in [-0.05, 0) is 38.8 Å². The minimum Gasteiger partial charge on any atom is -0.466 e. The Morgan fingerprint density at radius 2 is 2.25 bits per heavy atom. The highest BCUT2D eigenvalue weighted by molar-refractivity contribution is 7.12. The molecule has 0 amide bonds. The maximum atomic E-state index is 11.2. The number of ether oxygens (including phenoxy) is 1. The Morgan fingerprint density at radius 1 is 1.56 bits per heavy atom. The molecule has 1 unspecified atom stereocenters. The molecule has 0 aliphatic rings. The van der Waals surface area contributed by atoms with Gasteiger partial charge in [0, 0.05) is 22.2 Å². The first-order valence-electron chi connectivity index (χ1n) is 5.52. The van der Waals surface area contributed by atoms with Crippen molar-refractivity contribution in [3.05, 3.63) is 21.4 Å². The van der Waals surface area contributed by atoms with Gasteiger partial charge in [-0.2, -0.15) is 0 Å². The zero-order valence-electron chi connectivity index (χ0n) is 10.1. The van der Waals surface area contributed by atoms with Gasteiger partial charge in [-0.1, -0.05) is 0 Å². The average molecular weight is 241 g/mol. The number of carbonyl (C=O) groups is 1. The largest absolute Gasteiger partial charge is 0.466 e. The summed E-state index contributed by atoms with van der Waals surface area (Å²) in [6, 6.07) is 2.05. The molecule has 0 saturated carbocycles. The van der Waals surface area contributed by atoms with Gasteiger partial charge >= 0.3 is 5.97 Å². The van der Waals surface area contributed by atoms with Crippen LogP contribution in [0.25, 0.3) is 0 Å². The van der Waals surface area contributed by atoms with E-state index in [9.17, 15) is 4.79 Å². The van der Waals surface area contributed by atoms with E-state index in [0.717, 1.165) is 5.56 Å². The van der Waals surface area contributed by atoms with E-state index in [4.69, 9.17) is 10.5 Å². The van der Waals surface area contributed by atoms with Gasteiger partial charge in [0.05, 0.1) is 6.61 Å². The number of hydrogen-bond acceptors (Lipinski definition) is 4. The molecule has 2 N–H and O–H groups in total. The monoisotopic (exact) mass is 241 g/mol. The number of aryl methyl sites for hydroxylation is 2. The SMILES string of the molecule is CCOC(=O)CCC(N)c1cc(C)sc1C. The molecular formula is C12H19NO2S. The molecule has 1 rings (SSSR count). The minimum atomic E-state index is -0.164. The van der Waals surface area contributed by atoms with E-state index in [1.165, 1.54) is 9.75 Å². The zero-order valence-corrected chi connectivity index (χ0v) is 10.9. The second kappa shape index (κ2) is 6.01. The molecule has 3 nitrogen and oxygen atoms in total. The number of nitrogens with two attached hydrogens (primary N) is 1. The molecule has 0 aliphatic heterocycles. The molecule has 16 heavy (non-hydrogen) atoms. The summed E-state index contributed by atoms with van der Waals surface area (Å²) in [6.45, 7) is 6.38. The Morgan fingerprint density at radius 3 is 2.75 bits per heavy atom. The number of thiophene rings is 1. The molecule has 90 valence electrons. The molecule has 0 fully saturated rings. The molecule has 0 radical (unpaired) electrons. The first-order valence-corrected chi connectivity index (χ1v) is 6.34. The molecule has 1 aromatic rings. The summed E-state index contributed by atoms with van der Waals surface area (Å²) in [5.41, 5.74) is 7.21. The zero-order chi connectivity index (χ0) is 12.1. The number of esters is 1. The highest BCUT2D eigenvalue weighted by Crippen LogP contribution is 2.27. The highest BCUT2D eigenvalue weighted by atomic mass is 32.1. The molecular weight excluding hydrogens is 222 g/mol. The van der Waals surface area contributed by atoms with E-state index in [1.807, 2.05) is 6.92 Å². The maximum absolute atomic E-state index is 11.2. The molecule has 1 aromatic heterocycles. The summed E-state index contributed by atoms with van der Waals surface area (Å²) in [5, 5.41) is 0. The summed E-state index contributed by atoms with van der Waals surface area (Å²) in [5.74, 6) is -0.164. The number of hydrogen-bond donors (Lipinski definition) is 1. The van der Waals surface area contributed by atoms with Crippen LogP contribution in [-0.4, -0.2) is 12.6 Å². The van der Waals surface area contributed by atoms with E-state index in [0.29, 0.717) is 19.4 Å². The van der Waals surface area contributed by atoms with Crippen LogP contribution in [0.4, 0.5) is 0 Å². The molecule has 4 heteroatoms. The molecule has 0 aromatic carbocycles. The molecule has 0 spiro atoms.